The van der Waals surface area contributed by atoms with Crippen LogP contribution < -0.4 is 0 Å². The average molecular weight is 164 g/mol. The Labute approximate surface area is 72.6 Å². The van der Waals surface area contributed by atoms with Gasteiger partial charge in [0.2, 0.25) is 0 Å². The Hall–Kier alpha value is -1.35. The third kappa shape index (κ3) is 3.73. The van der Waals surface area contributed by atoms with Gasteiger partial charge in [-0.3, -0.25) is 4.79 Å². The van der Waals surface area contributed by atoms with Crippen molar-refractivity contribution >= 4 is 5.78 Å². The average Bonchev–Trinajstić information content (AvgIpc) is 2.03. The second-order valence-electron chi connectivity index (χ2n) is 3.09. The van der Waals surface area contributed by atoms with Crippen LogP contribution >= 0.6 is 0 Å². The van der Waals surface area contributed by atoms with Crippen molar-refractivity contribution in [3.63, 3.8) is 0 Å². The summed E-state index contributed by atoms with van der Waals surface area (Å²) in [4.78, 5) is 11.1. The molecule has 0 aromatic rings. The highest BCUT2D eigenvalue weighted by Crippen LogP contribution is 2.08. The van der Waals surface area contributed by atoms with E-state index in [1.165, 1.54) is 0 Å². The summed E-state index contributed by atoms with van der Waals surface area (Å²) in [5.41, 5.74) is 0. The van der Waals surface area contributed by atoms with Crippen LogP contribution in [0.15, 0.2) is 0 Å². The van der Waals surface area contributed by atoms with Crippen molar-refractivity contribution in [2.24, 2.45) is 11.8 Å². The first-order valence-electron chi connectivity index (χ1n) is 3.93. The number of carbonyl (C=O) groups excluding carboxylic acids is 1. The van der Waals surface area contributed by atoms with E-state index in [-0.39, 0.29) is 5.78 Å². The van der Waals surface area contributed by atoms with Crippen LogP contribution in [0.1, 0.15) is 26.7 Å². The van der Waals surface area contributed by atoms with Crippen molar-refractivity contribution in [3.8, 4) is 12.1 Å². The molecule has 0 fully saturated rings. The normalized spacial score (nSPS) is 9.50. The molecule has 0 aliphatic carbocycles. The van der Waals surface area contributed by atoms with Gasteiger partial charge in [0.25, 0.3) is 0 Å². The van der Waals surface area contributed by atoms with Crippen LogP contribution in [-0.4, -0.2) is 5.78 Å². The topological polar surface area (TPSA) is 64.7 Å². The fourth-order valence-electron chi connectivity index (χ4n) is 0.748. The van der Waals surface area contributed by atoms with Crippen molar-refractivity contribution in [1.29, 1.82) is 10.5 Å². The first-order valence-corrected chi connectivity index (χ1v) is 3.93. The van der Waals surface area contributed by atoms with Crippen molar-refractivity contribution in [2.45, 2.75) is 26.7 Å². The summed E-state index contributed by atoms with van der Waals surface area (Å²) in [6.45, 7) is 4.00. The molecule has 0 unspecified atom stereocenters. The molecule has 0 spiro atoms. The highest BCUT2D eigenvalue weighted by atomic mass is 16.1. The maximum atomic E-state index is 11.1. The molecule has 0 rings (SSSR count). The Balaban J connectivity index is 3.90. The van der Waals surface area contributed by atoms with Gasteiger partial charge in [0.15, 0.2) is 11.7 Å². The molecule has 0 saturated heterocycles. The molecule has 64 valence electrons. The molecule has 0 atom stereocenters. The fourth-order valence-corrected chi connectivity index (χ4v) is 0.748. The summed E-state index contributed by atoms with van der Waals surface area (Å²) >= 11 is 0. The van der Waals surface area contributed by atoms with Gasteiger partial charge >= 0.3 is 0 Å². The van der Waals surface area contributed by atoms with Gasteiger partial charge in [0, 0.05) is 6.42 Å². The van der Waals surface area contributed by atoms with Crippen molar-refractivity contribution in [3.05, 3.63) is 0 Å². The Kier molecular flexibility index (Phi) is 4.72. The summed E-state index contributed by atoms with van der Waals surface area (Å²) in [6.07, 6.45) is 1.09. The minimum atomic E-state index is -1.07. The van der Waals surface area contributed by atoms with Gasteiger partial charge in [0.1, 0.15) is 0 Å². The molecule has 0 heterocycles. The summed E-state index contributed by atoms with van der Waals surface area (Å²) in [5, 5.41) is 16.7. The highest BCUT2D eigenvalue weighted by molar-refractivity contribution is 5.85. The SMILES string of the molecule is CC(C)CCC(=O)C(C#N)C#N. The zero-order chi connectivity index (χ0) is 9.56. The molecule has 0 radical (unpaired) electrons. The molecule has 0 aromatic heterocycles. The quantitative estimate of drug-likeness (QED) is 0.634. The van der Waals surface area contributed by atoms with Gasteiger partial charge in [-0.25, -0.2) is 0 Å². The lowest BCUT2D eigenvalue weighted by atomic mass is 9.99. The number of rotatable bonds is 4. The lowest BCUT2D eigenvalue weighted by Gasteiger charge is -2.02. The van der Waals surface area contributed by atoms with Crippen molar-refractivity contribution < 1.29 is 4.79 Å². The Bertz CT molecular complexity index is 218. The standard InChI is InChI=1S/C9H12N2O/c1-7(2)3-4-9(12)8(5-10)6-11/h7-8H,3-4H2,1-2H3. The molecule has 0 aliphatic heterocycles. The van der Waals surface area contributed by atoms with E-state index < -0.39 is 5.92 Å². The minimum Gasteiger partial charge on any atom is -0.297 e. The molecule has 3 nitrogen and oxygen atoms in total. The number of hydrogen-bond acceptors (Lipinski definition) is 3. The number of ketones is 1. The molecule has 0 amide bonds. The number of nitriles is 2. The molecular weight excluding hydrogens is 152 g/mol. The lowest BCUT2D eigenvalue weighted by molar-refractivity contribution is -0.120. The smallest absolute Gasteiger partial charge is 0.191 e. The summed E-state index contributed by atoms with van der Waals surface area (Å²) in [6, 6.07) is 3.33. The molecule has 0 aromatic carbocycles. The third-order valence-corrected chi connectivity index (χ3v) is 1.55. The molecular formula is C9H12N2O. The van der Waals surface area contributed by atoms with E-state index in [9.17, 15) is 4.79 Å². The lowest BCUT2D eigenvalue weighted by Crippen LogP contribution is -2.10. The number of carbonyl (C=O) groups is 1. The molecule has 3 heteroatoms. The summed E-state index contributed by atoms with van der Waals surface area (Å²) < 4.78 is 0. The predicted molar refractivity (Wildman–Crippen MR) is 43.8 cm³/mol. The fraction of sp³-hybridized carbons (Fsp3) is 0.667. The largest absolute Gasteiger partial charge is 0.297 e. The van der Waals surface area contributed by atoms with Gasteiger partial charge < -0.3 is 0 Å². The summed E-state index contributed by atoms with van der Waals surface area (Å²) in [7, 11) is 0. The molecule has 0 bridgehead atoms. The highest BCUT2D eigenvalue weighted by Gasteiger charge is 2.16. The second-order valence-corrected chi connectivity index (χ2v) is 3.09. The third-order valence-electron chi connectivity index (χ3n) is 1.55. The Morgan fingerprint density at radius 2 is 1.83 bits per heavy atom. The van der Waals surface area contributed by atoms with Crippen LogP contribution in [-0.2, 0) is 4.79 Å². The number of Topliss-reactive ketones (excluding diaryl/α,β-unsaturated/α-hetero) is 1. The predicted octanol–water partition coefficient (Wildman–Crippen LogP) is 1.66. The zero-order valence-electron chi connectivity index (χ0n) is 7.37. The van der Waals surface area contributed by atoms with Gasteiger partial charge in [-0.2, -0.15) is 10.5 Å². The molecule has 0 aliphatic rings. The van der Waals surface area contributed by atoms with Crippen LogP contribution in [0.25, 0.3) is 0 Å². The first-order chi connectivity index (χ1) is 5.61. The summed E-state index contributed by atoms with van der Waals surface area (Å²) in [5.74, 6) is -0.885. The second kappa shape index (κ2) is 5.32. The van der Waals surface area contributed by atoms with Gasteiger partial charge in [-0.1, -0.05) is 13.8 Å². The van der Waals surface area contributed by atoms with Crippen LogP contribution in [0, 0.1) is 34.5 Å². The van der Waals surface area contributed by atoms with Gasteiger partial charge in [-0.05, 0) is 12.3 Å². The minimum absolute atomic E-state index is 0.256. The van der Waals surface area contributed by atoms with E-state index in [1.54, 1.807) is 12.1 Å². The number of nitrogens with zero attached hydrogens (tertiary/aromatic N) is 2. The monoisotopic (exact) mass is 164 g/mol. The van der Waals surface area contributed by atoms with Crippen molar-refractivity contribution in [1.82, 2.24) is 0 Å². The Morgan fingerprint density at radius 3 is 2.17 bits per heavy atom. The maximum Gasteiger partial charge on any atom is 0.191 e. The van der Waals surface area contributed by atoms with E-state index in [0.29, 0.717) is 12.3 Å². The Morgan fingerprint density at radius 1 is 1.33 bits per heavy atom. The van der Waals surface area contributed by atoms with E-state index >= 15 is 0 Å². The number of hydrogen-bond donors (Lipinski definition) is 0. The zero-order valence-corrected chi connectivity index (χ0v) is 7.37. The van der Waals surface area contributed by atoms with Crippen LogP contribution in [0.2, 0.25) is 0 Å². The molecule has 12 heavy (non-hydrogen) atoms. The van der Waals surface area contributed by atoms with E-state index in [1.807, 2.05) is 13.8 Å². The van der Waals surface area contributed by atoms with Crippen LogP contribution in [0.4, 0.5) is 0 Å². The van der Waals surface area contributed by atoms with Crippen LogP contribution in [0.3, 0.4) is 0 Å². The van der Waals surface area contributed by atoms with E-state index in [0.717, 1.165) is 6.42 Å². The maximum absolute atomic E-state index is 11.1. The van der Waals surface area contributed by atoms with E-state index in [4.69, 9.17) is 10.5 Å². The van der Waals surface area contributed by atoms with Gasteiger partial charge in [0.05, 0.1) is 12.1 Å². The van der Waals surface area contributed by atoms with Crippen molar-refractivity contribution in [2.75, 3.05) is 0 Å². The molecule has 0 N–H and O–H groups in total. The van der Waals surface area contributed by atoms with Gasteiger partial charge in [-0.15, -0.1) is 0 Å². The van der Waals surface area contributed by atoms with Crippen LogP contribution in [0.5, 0.6) is 0 Å². The molecule has 0 saturated carbocycles. The van der Waals surface area contributed by atoms with E-state index in [2.05, 4.69) is 0 Å². The first kappa shape index (κ1) is 10.7.